The second kappa shape index (κ2) is 13.1. The van der Waals surface area contributed by atoms with Crippen molar-refractivity contribution in [2.75, 3.05) is 20.8 Å². The molecule has 1 amide bonds. The summed E-state index contributed by atoms with van der Waals surface area (Å²) in [6.07, 6.45) is -0.539. The van der Waals surface area contributed by atoms with Crippen LogP contribution in [-0.4, -0.2) is 61.1 Å². The van der Waals surface area contributed by atoms with Crippen molar-refractivity contribution >= 4 is 23.8 Å². The van der Waals surface area contributed by atoms with Crippen LogP contribution in [0.1, 0.15) is 44.2 Å². The lowest BCUT2D eigenvalue weighted by atomic mass is 9.79. The third-order valence-electron chi connectivity index (χ3n) is 6.92. The predicted octanol–water partition coefficient (Wildman–Crippen LogP) is 4.11. The van der Waals surface area contributed by atoms with Crippen LogP contribution < -0.4 is 4.74 Å². The molecule has 9 heteroatoms. The maximum atomic E-state index is 14.1. The number of ether oxygens (including phenoxy) is 4. The number of amides is 1. The van der Waals surface area contributed by atoms with Crippen molar-refractivity contribution in [2.45, 2.75) is 57.8 Å². The molecule has 1 aliphatic rings. The first-order valence-electron chi connectivity index (χ1n) is 12.6. The summed E-state index contributed by atoms with van der Waals surface area (Å²) in [4.78, 5) is 53.1. The molecule has 3 atom stereocenters. The highest BCUT2D eigenvalue weighted by atomic mass is 16.6. The summed E-state index contributed by atoms with van der Waals surface area (Å²) in [7, 11) is 2.79. The lowest BCUT2D eigenvalue weighted by Crippen LogP contribution is -2.55. The van der Waals surface area contributed by atoms with Gasteiger partial charge in [-0.05, 0) is 43.0 Å². The largest absolute Gasteiger partial charge is 0.497 e. The molecule has 38 heavy (non-hydrogen) atoms. The van der Waals surface area contributed by atoms with Crippen molar-refractivity contribution in [1.82, 2.24) is 4.90 Å². The number of ketones is 1. The Hall–Kier alpha value is -3.88. The van der Waals surface area contributed by atoms with E-state index in [1.54, 1.807) is 26.2 Å². The quantitative estimate of drug-likeness (QED) is 0.319. The smallest absolute Gasteiger partial charge is 0.410 e. The maximum absolute atomic E-state index is 14.1. The molecule has 1 saturated heterocycles. The topological polar surface area (TPSA) is 108 Å². The fourth-order valence-corrected chi connectivity index (χ4v) is 4.92. The Morgan fingerprint density at radius 1 is 0.974 bits per heavy atom. The van der Waals surface area contributed by atoms with E-state index in [-0.39, 0.29) is 25.2 Å². The van der Waals surface area contributed by atoms with Crippen molar-refractivity contribution in [3.63, 3.8) is 0 Å². The van der Waals surface area contributed by atoms with Crippen LogP contribution in [-0.2, 0) is 41.6 Å². The molecule has 0 spiro atoms. The van der Waals surface area contributed by atoms with Crippen molar-refractivity contribution in [3.05, 3.63) is 65.7 Å². The Morgan fingerprint density at radius 3 is 2.26 bits per heavy atom. The van der Waals surface area contributed by atoms with Gasteiger partial charge >= 0.3 is 18.0 Å². The monoisotopic (exact) mass is 525 g/mol. The Balaban J connectivity index is 1.92. The number of rotatable bonds is 11. The third-order valence-corrected chi connectivity index (χ3v) is 6.92. The molecule has 1 fully saturated rings. The summed E-state index contributed by atoms with van der Waals surface area (Å²) in [5.41, 5.74) is 0.405. The van der Waals surface area contributed by atoms with E-state index in [1.165, 1.54) is 18.9 Å². The number of likely N-dealkylation sites (tertiary alicyclic amines) is 1. The fraction of sp³-hybridized carbons (Fsp3) is 0.448. The number of nitrogens with zero attached hydrogens (tertiary/aromatic N) is 1. The Bertz CT molecular complexity index is 1120. The van der Waals surface area contributed by atoms with E-state index >= 15 is 0 Å². The van der Waals surface area contributed by atoms with Gasteiger partial charge in [0, 0.05) is 26.3 Å². The normalized spacial score (nSPS) is 18.3. The molecule has 1 aliphatic heterocycles. The Kier molecular flexibility index (Phi) is 9.87. The zero-order chi connectivity index (χ0) is 27.7. The van der Waals surface area contributed by atoms with Crippen LogP contribution in [0.3, 0.4) is 0 Å². The molecule has 9 nitrogen and oxygen atoms in total. The van der Waals surface area contributed by atoms with E-state index in [4.69, 9.17) is 18.9 Å². The number of hydrogen-bond donors (Lipinski definition) is 0. The molecule has 0 radical (unpaired) electrons. The Labute approximate surface area is 223 Å². The SMILES string of the molecule is COC(=O)[C@@H](CC(=O)C1(Cc2ccc(OC)cc2)CCCN1C(=O)OCc1ccccc1)[C@@H](C)OC(C)=O. The van der Waals surface area contributed by atoms with Gasteiger partial charge in [-0.2, -0.15) is 0 Å². The average molecular weight is 526 g/mol. The van der Waals surface area contributed by atoms with Gasteiger partial charge in [-0.15, -0.1) is 0 Å². The molecule has 204 valence electrons. The second-order valence-corrected chi connectivity index (χ2v) is 9.42. The maximum Gasteiger partial charge on any atom is 0.410 e. The van der Waals surface area contributed by atoms with Crippen LogP contribution in [0.4, 0.5) is 4.79 Å². The van der Waals surface area contributed by atoms with E-state index in [0.29, 0.717) is 25.1 Å². The van der Waals surface area contributed by atoms with Gasteiger partial charge in [0.25, 0.3) is 0 Å². The minimum atomic E-state index is -1.25. The minimum Gasteiger partial charge on any atom is -0.497 e. The lowest BCUT2D eigenvalue weighted by molar-refractivity contribution is -0.160. The standard InChI is InChI=1S/C29H35NO8/c1-20(38-21(2)31)25(27(33)36-4)17-26(32)29(18-22-11-13-24(35-3)14-12-22)15-8-16-30(29)28(34)37-19-23-9-6-5-7-10-23/h5-7,9-14,20,25H,8,15-19H2,1-4H3/t20-,25+,29?/m1/s1. The van der Waals surface area contributed by atoms with E-state index < -0.39 is 35.6 Å². The number of carbonyl (C=O) groups is 4. The summed E-state index contributed by atoms with van der Waals surface area (Å²) in [5, 5.41) is 0. The van der Waals surface area contributed by atoms with E-state index in [9.17, 15) is 19.2 Å². The number of Topliss-reactive ketones (excluding diaryl/α,β-unsaturated/α-hetero) is 1. The number of hydrogen-bond acceptors (Lipinski definition) is 8. The van der Waals surface area contributed by atoms with Gasteiger partial charge in [0.2, 0.25) is 0 Å². The molecule has 2 aromatic carbocycles. The first-order valence-corrected chi connectivity index (χ1v) is 12.6. The number of carbonyl (C=O) groups excluding carboxylic acids is 4. The molecule has 0 aliphatic carbocycles. The van der Waals surface area contributed by atoms with Crippen LogP contribution in [0.25, 0.3) is 0 Å². The minimum absolute atomic E-state index is 0.0667. The number of methoxy groups -OCH3 is 2. The van der Waals surface area contributed by atoms with Gasteiger partial charge in [0.1, 0.15) is 29.9 Å². The molecular formula is C29H35NO8. The van der Waals surface area contributed by atoms with Crippen LogP contribution in [0.2, 0.25) is 0 Å². The zero-order valence-corrected chi connectivity index (χ0v) is 22.3. The van der Waals surface area contributed by atoms with Gasteiger partial charge in [0.15, 0.2) is 5.78 Å². The zero-order valence-electron chi connectivity index (χ0n) is 22.3. The molecular weight excluding hydrogens is 490 g/mol. The average Bonchev–Trinajstić information content (AvgIpc) is 3.35. The van der Waals surface area contributed by atoms with Crippen LogP contribution >= 0.6 is 0 Å². The van der Waals surface area contributed by atoms with Crippen molar-refractivity contribution in [1.29, 1.82) is 0 Å². The molecule has 0 bridgehead atoms. The van der Waals surface area contributed by atoms with Crippen LogP contribution in [0.5, 0.6) is 5.75 Å². The van der Waals surface area contributed by atoms with Crippen LogP contribution in [0.15, 0.2) is 54.6 Å². The van der Waals surface area contributed by atoms with Crippen molar-refractivity contribution < 1.29 is 38.1 Å². The molecule has 2 aromatic rings. The predicted molar refractivity (Wildman–Crippen MR) is 138 cm³/mol. The summed E-state index contributed by atoms with van der Waals surface area (Å²) in [6, 6.07) is 16.6. The molecule has 0 saturated carbocycles. The highest BCUT2D eigenvalue weighted by molar-refractivity contribution is 5.95. The van der Waals surface area contributed by atoms with E-state index in [0.717, 1.165) is 11.1 Å². The third kappa shape index (κ3) is 6.90. The summed E-state index contributed by atoms with van der Waals surface area (Å²) in [6.45, 7) is 3.18. The van der Waals surface area contributed by atoms with E-state index in [2.05, 4.69) is 0 Å². The van der Waals surface area contributed by atoms with Gasteiger partial charge in [0.05, 0.1) is 14.2 Å². The van der Waals surface area contributed by atoms with Gasteiger partial charge in [-0.1, -0.05) is 42.5 Å². The molecule has 1 unspecified atom stereocenters. The highest BCUT2D eigenvalue weighted by Gasteiger charge is 2.51. The number of benzene rings is 2. The van der Waals surface area contributed by atoms with Crippen LogP contribution in [0, 0.1) is 5.92 Å². The molecule has 0 aromatic heterocycles. The summed E-state index contributed by atoms with van der Waals surface area (Å²) < 4.78 is 21.0. The van der Waals surface area contributed by atoms with Crippen molar-refractivity contribution in [2.24, 2.45) is 5.92 Å². The Morgan fingerprint density at radius 2 is 1.66 bits per heavy atom. The van der Waals surface area contributed by atoms with Gasteiger partial charge < -0.3 is 18.9 Å². The molecule has 0 N–H and O–H groups in total. The van der Waals surface area contributed by atoms with E-state index in [1.807, 2.05) is 42.5 Å². The summed E-state index contributed by atoms with van der Waals surface area (Å²) in [5.74, 6) is -1.91. The lowest BCUT2D eigenvalue weighted by Gasteiger charge is -2.38. The van der Waals surface area contributed by atoms with Gasteiger partial charge in [-0.25, -0.2) is 4.79 Å². The molecule has 1 heterocycles. The first kappa shape index (κ1) is 28.7. The van der Waals surface area contributed by atoms with Crippen molar-refractivity contribution in [3.8, 4) is 5.75 Å². The van der Waals surface area contributed by atoms with Gasteiger partial charge in [-0.3, -0.25) is 19.3 Å². The highest BCUT2D eigenvalue weighted by Crippen LogP contribution is 2.37. The summed E-state index contributed by atoms with van der Waals surface area (Å²) >= 11 is 0. The molecule has 3 rings (SSSR count). The fourth-order valence-electron chi connectivity index (χ4n) is 4.92. The second-order valence-electron chi connectivity index (χ2n) is 9.42. The first-order chi connectivity index (χ1) is 18.2. The number of esters is 2.